The van der Waals surface area contributed by atoms with E-state index in [0.717, 1.165) is 0 Å². The summed E-state index contributed by atoms with van der Waals surface area (Å²) in [5.74, 6) is 0. The number of halogens is 2. The van der Waals surface area contributed by atoms with Crippen LogP contribution in [0.1, 0.15) is 0 Å². The summed E-state index contributed by atoms with van der Waals surface area (Å²) in [6.07, 6.45) is 0. The van der Waals surface area contributed by atoms with Gasteiger partial charge in [-0.25, -0.2) is 0 Å². The van der Waals surface area contributed by atoms with Crippen molar-refractivity contribution in [1.29, 1.82) is 0 Å². The van der Waals surface area contributed by atoms with E-state index in [1.54, 1.807) is 0 Å². The first-order valence-electron chi connectivity index (χ1n) is 1.76. The van der Waals surface area contributed by atoms with E-state index in [4.69, 9.17) is 23.2 Å². The van der Waals surface area contributed by atoms with Gasteiger partial charge in [-0.2, -0.15) is 0 Å². The average Bonchev–Trinajstić information content (AvgIpc) is 1.62. The predicted octanol–water partition coefficient (Wildman–Crippen LogP) is -0.456. The van der Waals surface area contributed by atoms with Gasteiger partial charge in [0, 0.05) is 0 Å². The van der Waals surface area contributed by atoms with E-state index in [1.807, 2.05) is 0 Å². The van der Waals surface area contributed by atoms with Crippen molar-refractivity contribution in [1.82, 2.24) is 0 Å². The molecule has 0 aliphatic heterocycles. The van der Waals surface area contributed by atoms with E-state index in [2.05, 4.69) is 4.31 Å². The summed E-state index contributed by atoms with van der Waals surface area (Å²) < 4.78 is 21.8. The molecule has 0 heterocycles. The molecule has 0 N–H and O–H groups in total. The average molecular weight is 317 g/mol. The zero-order valence-corrected chi connectivity index (χ0v) is 12.2. The van der Waals surface area contributed by atoms with Gasteiger partial charge in [0.1, 0.15) is 16.5 Å². The van der Waals surface area contributed by atoms with Crippen LogP contribution in [0.15, 0.2) is 0 Å². The van der Waals surface area contributed by atoms with Crippen LogP contribution in [-0.4, -0.2) is 50.8 Å². The van der Waals surface area contributed by atoms with Crippen molar-refractivity contribution in [3.63, 3.8) is 0 Å². The summed E-state index contributed by atoms with van der Waals surface area (Å²) in [5.41, 5.74) is 0. The third-order valence-corrected chi connectivity index (χ3v) is 1.50. The minimum Gasteiger partial charge on any atom is -0.781 e. The van der Waals surface area contributed by atoms with E-state index >= 15 is 0 Å². The van der Waals surface area contributed by atoms with Crippen molar-refractivity contribution < 1.29 is 23.2 Å². The van der Waals surface area contributed by atoms with Gasteiger partial charge < -0.3 is 18.9 Å². The van der Waals surface area contributed by atoms with Gasteiger partial charge in [-0.1, -0.05) is 0 Å². The fourth-order valence-corrected chi connectivity index (χ4v) is 0.612. The molecule has 0 aliphatic rings. The largest absolute Gasteiger partial charge is 2.00 e. The minimum absolute atomic E-state index is 0. The number of rotatable bonds is 2. The second-order valence-electron chi connectivity index (χ2n) is 0.703. The van der Waals surface area contributed by atoms with E-state index in [-0.39, 0.29) is 50.8 Å². The van der Waals surface area contributed by atoms with E-state index in [9.17, 15) is 18.9 Å². The zero-order valence-electron chi connectivity index (χ0n) is 5.21. The molecule has 0 radical (unpaired) electrons. The van der Waals surface area contributed by atoms with Crippen molar-refractivity contribution in [2.45, 2.75) is 0 Å². The first-order chi connectivity index (χ1) is 4.54. The summed E-state index contributed by atoms with van der Waals surface area (Å²) in [7, 11) is -7.03. The topological polar surface area (TPSA) is 89.5 Å². The van der Waals surface area contributed by atoms with Crippen LogP contribution in [-0.2, 0) is 13.4 Å². The van der Waals surface area contributed by atoms with Crippen LogP contribution in [0.5, 0.6) is 0 Å². The molecule has 0 fully saturated rings. The summed E-state index contributed by atoms with van der Waals surface area (Å²) in [4.78, 5) is 18.6. The number of alkyl halides is 2. The van der Waals surface area contributed by atoms with E-state index in [1.165, 1.54) is 0 Å². The molecule has 0 aromatic carbocycles. The molecule has 2 atom stereocenters. The normalized spacial score (nSPS) is 13.5. The summed E-state index contributed by atoms with van der Waals surface area (Å²) in [5, 5.41) is 0.194. The Kier molecular flexibility index (Phi) is 25.8. The zero-order chi connectivity index (χ0) is 8.57. The predicted molar refractivity (Wildman–Crippen MR) is 41.4 cm³/mol. The number of hydrogen-bond acceptors (Lipinski definition) is 5. The van der Waals surface area contributed by atoms with Gasteiger partial charge in [0.2, 0.25) is 0 Å². The van der Waals surface area contributed by atoms with Gasteiger partial charge in [-0.05, 0) is 0 Å². The molecule has 0 spiro atoms. The third kappa shape index (κ3) is 32.7. The first-order valence-corrected chi connectivity index (χ1v) is 5.28. The van der Waals surface area contributed by atoms with Crippen LogP contribution in [0.4, 0.5) is 0 Å². The van der Waals surface area contributed by atoms with Gasteiger partial charge in [0.05, 0.1) is 5.34 Å². The van der Waals surface area contributed by atoms with Crippen LogP contribution >= 0.6 is 39.7 Å². The minimum atomic E-state index is -3.51. The Morgan fingerprint density at radius 1 is 1.18 bits per heavy atom. The van der Waals surface area contributed by atoms with Crippen molar-refractivity contribution in [2.75, 3.05) is 5.34 Å². The molecule has 0 bridgehead atoms. The standard InChI is InChI=1S/CH2Cl2.H4O5P2.Sr/c2-1-3;1-6(2)5-7(3)4;/h1H2;6-7H,(H,1,2)(H,3,4);/q;;+2/p-2. The summed E-state index contributed by atoms with van der Waals surface area (Å²) >= 11 is 9.53. The van der Waals surface area contributed by atoms with Gasteiger partial charge in [-0.3, -0.25) is 4.31 Å². The second-order valence-corrected chi connectivity index (χ2v) is 3.33. The Balaban J connectivity index is -0.000000140. The monoisotopic (exact) mass is 316 g/mol. The SMILES string of the molecule is ClCCl.O=[PH]([O-])O[PH](=O)[O-].[Sr+2]. The molecular formula is CH4Cl2O5P2Sr. The Morgan fingerprint density at radius 3 is 1.36 bits per heavy atom. The molecule has 0 rings (SSSR count). The summed E-state index contributed by atoms with van der Waals surface area (Å²) in [6, 6.07) is 0. The molecule has 64 valence electrons. The van der Waals surface area contributed by atoms with Crippen molar-refractivity contribution >= 4 is 85.2 Å². The smallest absolute Gasteiger partial charge is 0.781 e. The first kappa shape index (κ1) is 19.0. The molecule has 0 amide bonds. The molecule has 0 aliphatic carbocycles. The molecule has 10 heteroatoms. The Bertz CT molecular complexity index is 109. The molecule has 0 aromatic rings. The Labute approximate surface area is 112 Å². The van der Waals surface area contributed by atoms with Crippen LogP contribution in [0, 0.1) is 0 Å². The van der Waals surface area contributed by atoms with Gasteiger partial charge in [0.15, 0.2) is 0 Å². The van der Waals surface area contributed by atoms with E-state index < -0.39 is 16.5 Å². The molecule has 2 unspecified atom stereocenters. The number of hydrogen-bond donors (Lipinski definition) is 0. The molecule has 11 heavy (non-hydrogen) atoms. The quantitative estimate of drug-likeness (QED) is 0.391. The second kappa shape index (κ2) is 14.9. The van der Waals surface area contributed by atoms with Crippen LogP contribution in [0.25, 0.3) is 0 Å². The fraction of sp³-hybridized carbons (Fsp3) is 1.00. The van der Waals surface area contributed by atoms with Gasteiger partial charge in [-0.15, -0.1) is 23.2 Å². The Hall–Kier alpha value is 2.40. The van der Waals surface area contributed by atoms with Crippen molar-refractivity contribution in [3.05, 3.63) is 0 Å². The maximum atomic E-state index is 9.29. The summed E-state index contributed by atoms with van der Waals surface area (Å²) in [6.45, 7) is 0. The fourth-order valence-electron chi connectivity index (χ4n) is 0.0680. The third-order valence-electron chi connectivity index (χ3n) is 0.167. The molecule has 0 aromatic heterocycles. The van der Waals surface area contributed by atoms with Crippen LogP contribution in [0.3, 0.4) is 0 Å². The molecule has 5 nitrogen and oxygen atoms in total. The Morgan fingerprint density at radius 2 is 1.36 bits per heavy atom. The van der Waals surface area contributed by atoms with Crippen molar-refractivity contribution in [2.24, 2.45) is 0 Å². The van der Waals surface area contributed by atoms with E-state index in [0.29, 0.717) is 0 Å². The molecule has 0 saturated heterocycles. The van der Waals surface area contributed by atoms with Crippen LogP contribution < -0.4 is 9.79 Å². The van der Waals surface area contributed by atoms with Gasteiger partial charge in [0.25, 0.3) is 0 Å². The molecular weight excluding hydrogens is 312 g/mol. The molecule has 0 saturated carbocycles. The van der Waals surface area contributed by atoms with Gasteiger partial charge >= 0.3 is 45.5 Å². The maximum absolute atomic E-state index is 9.29. The van der Waals surface area contributed by atoms with Crippen LogP contribution in [0.2, 0.25) is 0 Å². The maximum Gasteiger partial charge on any atom is 2.00 e. The van der Waals surface area contributed by atoms with Crippen molar-refractivity contribution in [3.8, 4) is 0 Å².